The van der Waals surface area contributed by atoms with Crippen LogP contribution in [-0.4, -0.2) is 36.3 Å². The second-order valence-corrected chi connectivity index (χ2v) is 6.75. The van der Waals surface area contributed by atoms with Gasteiger partial charge in [-0.1, -0.05) is 17.7 Å². The number of halogens is 2. The maximum atomic E-state index is 13.8. The van der Waals surface area contributed by atoms with E-state index in [0.717, 1.165) is 23.8 Å². The maximum Gasteiger partial charge on any atom is 0.260 e. The number of benzene rings is 2. The van der Waals surface area contributed by atoms with E-state index in [0.29, 0.717) is 31.7 Å². The van der Waals surface area contributed by atoms with E-state index in [1.165, 1.54) is 0 Å². The minimum atomic E-state index is -0.716. The van der Waals surface area contributed by atoms with Crippen LogP contribution in [-0.2, 0) is 4.79 Å². The molecule has 0 unspecified atom stereocenters. The molecule has 0 saturated carbocycles. The number of hydrogen-bond donors (Lipinski definition) is 0. The number of carbonyl (C=O) groups excluding carboxylic acids is 2. The van der Waals surface area contributed by atoms with Crippen molar-refractivity contribution in [3.8, 4) is 5.75 Å². The third kappa shape index (κ3) is 4.70. The summed E-state index contributed by atoms with van der Waals surface area (Å²) in [6.07, 6.45) is 0.843. The number of piperidine rings is 1. The number of nitrogens with zero attached hydrogens (tertiary/aromatic N) is 1. The first kappa shape index (κ1) is 19.0. The Morgan fingerprint density at radius 1 is 1.07 bits per heavy atom. The first-order valence-corrected chi connectivity index (χ1v) is 8.90. The molecule has 1 amide bonds. The lowest BCUT2D eigenvalue weighted by atomic mass is 9.88. The Bertz CT molecular complexity index is 828. The first-order valence-electron chi connectivity index (χ1n) is 8.90. The number of aryl methyl sites for hydroxylation is 1. The molecule has 27 heavy (non-hydrogen) atoms. The van der Waals surface area contributed by atoms with Gasteiger partial charge in [-0.3, -0.25) is 9.59 Å². The van der Waals surface area contributed by atoms with E-state index in [9.17, 15) is 18.4 Å². The summed E-state index contributed by atoms with van der Waals surface area (Å²) < 4.78 is 32.6. The molecule has 2 aromatic rings. The molecule has 0 atom stereocenters. The third-order valence-electron chi connectivity index (χ3n) is 4.80. The van der Waals surface area contributed by atoms with Crippen molar-refractivity contribution < 1.29 is 23.1 Å². The summed E-state index contributed by atoms with van der Waals surface area (Å²) in [4.78, 5) is 26.4. The van der Waals surface area contributed by atoms with E-state index in [2.05, 4.69) is 0 Å². The summed E-state index contributed by atoms with van der Waals surface area (Å²) >= 11 is 0. The molecule has 142 valence electrons. The molecular weight excluding hydrogens is 352 g/mol. The number of likely N-dealkylation sites (tertiary alicyclic amines) is 1. The van der Waals surface area contributed by atoms with Gasteiger partial charge in [0, 0.05) is 19.0 Å². The van der Waals surface area contributed by atoms with Crippen molar-refractivity contribution in [3.63, 3.8) is 0 Å². The summed E-state index contributed by atoms with van der Waals surface area (Å²) in [5.74, 6) is -1.70. The summed E-state index contributed by atoms with van der Waals surface area (Å²) in [5.41, 5.74) is 0.887. The van der Waals surface area contributed by atoms with Gasteiger partial charge in [0.25, 0.3) is 5.91 Å². The standard InChI is InChI=1S/C21H21F2NO3/c1-14-2-5-17(6-3-14)27-13-20(25)24-10-8-15(9-11-24)21(26)18-12-16(22)4-7-19(18)23/h2-7,12,15H,8-11,13H2,1H3. The summed E-state index contributed by atoms with van der Waals surface area (Å²) in [6, 6.07) is 10.3. The lowest BCUT2D eigenvalue weighted by molar-refractivity contribution is -0.134. The average molecular weight is 373 g/mol. The molecule has 0 radical (unpaired) electrons. The molecule has 1 aliphatic rings. The maximum absolute atomic E-state index is 13.8. The smallest absolute Gasteiger partial charge is 0.260 e. The Labute approximate surface area is 156 Å². The second kappa shape index (κ2) is 8.29. The van der Waals surface area contributed by atoms with E-state index in [1.54, 1.807) is 17.0 Å². The van der Waals surface area contributed by atoms with Crippen molar-refractivity contribution in [3.05, 3.63) is 65.2 Å². The van der Waals surface area contributed by atoms with Crippen molar-refractivity contribution >= 4 is 11.7 Å². The van der Waals surface area contributed by atoms with E-state index < -0.39 is 23.3 Å². The SMILES string of the molecule is Cc1ccc(OCC(=O)N2CCC(C(=O)c3cc(F)ccc3F)CC2)cc1. The number of Topliss-reactive ketones (excluding diaryl/α,β-unsaturated/α-hetero) is 1. The molecule has 4 nitrogen and oxygen atoms in total. The van der Waals surface area contributed by atoms with Gasteiger partial charge in [0.05, 0.1) is 5.56 Å². The van der Waals surface area contributed by atoms with Gasteiger partial charge in [-0.25, -0.2) is 8.78 Å². The predicted molar refractivity (Wildman–Crippen MR) is 96.7 cm³/mol. The van der Waals surface area contributed by atoms with Gasteiger partial charge in [0.1, 0.15) is 17.4 Å². The molecule has 6 heteroatoms. The lowest BCUT2D eigenvalue weighted by Gasteiger charge is -2.31. The highest BCUT2D eigenvalue weighted by atomic mass is 19.1. The first-order chi connectivity index (χ1) is 12.9. The van der Waals surface area contributed by atoms with Gasteiger partial charge >= 0.3 is 0 Å². The van der Waals surface area contributed by atoms with E-state index in [4.69, 9.17) is 4.74 Å². The van der Waals surface area contributed by atoms with Crippen LogP contribution >= 0.6 is 0 Å². The average Bonchev–Trinajstić information content (AvgIpc) is 2.69. The van der Waals surface area contributed by atoms with Crippen LogP contribution in [0.1, 0.15) is 28.8 Å². The Hall–Kier alpha value is -2.76. The van der Waals surface area contributed by atoms with Crippen LogP contribution in [0.5, 0.6) is 5.75 Å². The number of rotatable bonds is 5. The number of carbonyl (C=O) groups is 2. The van der Waals surface area contributed by atoms with Crippen molar-refractivity contribution in [2.75, 3.05) is 19.7 Å². The molecule has 1 saturated heterocycles. The number of ether oxygens (including phenoxy) is 1. The van der Waals surface area contributed by atoms with Crippen LogP contribution in [0.4, 0.5) is 8.78 Å². The summed E-state index contributed by atoms with van der Waals surface area (Å²) in [6.45, 7) is 2.68. The largest absolute Gasteiger partial charge is 0.484 e. The molecule has 2 aromatic carbocycles. The predicted octanol–water partition coefficient (Wildman–Crippen LogP) is 3.77. The third-order valence-corrected chi connectivity index (χ3v) is 4.80. The normalized spacial score (nSPS) is 14.9. The molecule has 0 N–H and O–H groups in total. The Balaban J connectivity index is 1.52. The van der Waals surface area contributed by atoms with Crippen molar-refractivity contribution in [1.82, 2.24) is 4.90 Å². The summed E-state index contributed by atoms with van der Waals surface area (Å²) in [5, 5.41) is 0. The monoisotopic (exact) mass is 373 g/mol. The second-order valence-electron chi connectivity index (χ2n) is 6.75. The molecule has 1 aliphatic heterocycles. The van der Waals surface area contributed by atoms with Gasteiger partial charge in [0.15, 0.2) is 12.4 Å². The van der Waals surface area contributed by atoms with Gasteiger partial charge in [-0.15, -0.1) is 0 Å². The van der Waals surface area contributed by atoms with E-state index in [-0.39, 0.29) is 18.1 Å². The minimum absolute atomic E-state index is 0.0692. The van der Waals surface area contributed by atoms with Crippen LogP contribution < -0.4 is 4.74 Å². The van der Waals surface area contributed by atoms with Crippen LogP contribution in [0.15, 0.2) is 42.5 Å². The van der Waals surface area contributed by atoms with E-state index in [1.807, 2.05) is 19.1 Å². The Morgan fingerprint density at radius 2 is 1.74 bits per heavy atom. The van der Waals surface area contributed by atoms with Gasteiger partial charge in [0.2, 0.25) is 0 Å². The van der Waals surface area contributed by atoms with Gasteiger partial charge in [-0.05, 0) is 50.1 Å². The summed E-state index contributed by atoms with van der Waals surface area (Å²) in [7, 11) is 0. The lowest BCUT2D eigenvalue weighted by Crippen LogP contribution is -2.42. The highest BCUT2D eigenvalue weighted by molar-refractivity contribution is 5.98. The van der Waals surface area contributed by atoms with Crippen LogP contribution in [0.25, 0.3) is 0 Å². The van der Waals surface area contributed by atoms with Crippen LogP contribution in [0.2, 0.25) is 0 Å². The molecule has 0 bridgehead atoms. The van der Waals surface area contributed by atoms with Crippen molar-refractivity contribution in [2.45, 2.75) is 19.8 Å². The van der Waals surface area contributed by atoms with Crippen molar-refractivity contribution in [1.29, 1.82) is 0 Å². The van der Waals surface area contributed by atoms with Crippen molar-refractivity contribution in [2.24, 2.45) is 5.92 Å². The molecule has 1 fully saturated rings. The Morgan fingerprint density at radius 3 is 2.41 bits per heavy atom. The molecule has 0 aliphatic carbocycles. The highest BCUT2D eigenvalue weighted by Crippen LogP contribution is 2.24. The van der Waals surface area contributed by atoms with Gasteiger partial charge in [-0.2, -0.15) is 0 Å². The zero-order valence-electron chi connectivity index (χ0n) is 15.1. The van der Waals surface area contributed by atoms with E-state index >= 15 is 0 Å². The zero-order valence-corrected chi connectivity index (χ0v) is 15.1. The molecule has 0 aromatic heterocycles. The fraction of sp³-hybridized carbons (Fsp3) is 0.333. The zero-order chi connectivity index (χ0) is 19.4. The molecular formula is C21H21F2NO3. The molecule has 3 rings (SSSR count). The van der Waals surface area contributed by atoms with Crippen LogP contribution in [0.3, 0.4) is 0 Å². The quantitative estimate of drug-likeness (QED) is 0.750. The minimum Gasteiger partial charge on any atom is -0.484 e. The molecule has 1 heterocycles. The number of amides is 1. The number of ketones is 1. The topological polar surface area (TPSA) is 46.6 Å². The highest BCUT2D eigenvalue weighted by Gasteiger charge is 2.29. The Kier molecular flexibility index (Phi) is 5.84. The fourth-order valence-corrected chi connectivity index (χ4v) is 3.17. The number of hydrogen-bond acceptors (Lipinski definition) is 3. The van der Waals surface area contributed by atoms with Crippen LogP contribution in [0, 0.1) is 24.5 Å². The molecule has 0 spiro atoms. The fourth-order valence-electron chi connectivity index (χ4n) is 3.17. The van der Waals surface area contributed by atoms with Gasteiger partial charge < -0.3 is 9.64 Å².